The molecule has 36 nitrogen and oxygen atoms in total. The summed E-state index contributed by atoms with van der Waals surface area (Å²) in [4.78, 5) is 192. The van der Waals surface area contributed by atoms with Gasteiger partial charge in [-0.3, -0.25) is 67.1 Å². The van der Waals surface area contributed by atoms with Gasteiger partial charge in [-0.25, -0.2) is 0 Å². The number of amides is 14. The van der Waals surface area contributed by atoms with Crippen LogP contribution in [0.25, 0.3) is 0 Å². The van der Waals surface area contributed by atoms with Crippen LogP contribution in [0, 0.1) is 0 Å². The van der Waals surface area contributed by atoms with E-state index in [2.05, 4.69) is 63.8 Å². The van der Waals surface area contributed by atoms with Gasteiger partial charge in [0.15, 0.2) is 0 Å². The van der Waals surface area contributed by atoms with E-state index in [1.54, 1.807) is 0 Å². The molecule has 24 N–H and O–H groups in total. The highest BCUT2D eigenvalue weighted by molar-refractivity contribution is 5.99. The van der Waals surface area contributed by atoms with Gasteiger partial charge in [-0.1, -0.05) is 0 Å². The van der Waals surface area contributed by atoms with E-state index in [-0.39, 0.29) is 129 Å². The highest BCUT2D eigenvalue weighted by Gasteiger charge is 2.41. The molecule has 520 valence electrons. The summed E-state index contributed by atoms with van der Waals surface area (Å²) in [5.74, 6) is -10.7. The monoisotopic (exact) mass is 1310 g/mol. The summed E-state index contributed by atoms with van der Waals surface area (Å²) in [6.07, 6.45) is 2.33. The quantitative estimate of drug-likeness (QED) is 0.0324. The van der Waals surface area contributed by atoms with Gasteiger partial charge < -0.3 is 117 Å². The summed E-state index contributed by atoms with van der Waals surface area (Å²) < 4.78 is 0. The van der Waals surface area contributed by atoms with Gasteiger partial charge in [0.2, 0.25) is 82.7 Å². The van der Waals surface area contributed by atoms with Crippen molar-refractivity contribution in [3.8, 4) is 0 Å². The topological polar surface area (TPSA) is 575 Å². The number of nitrogens with one attached hydrogen (secondary N) is 12. The van der Waals surface area contributed by atoms with Crippen LogP contribution in [0.1, 0.15) is 117 Å². The number of aliphatic hydroxyl groups excluding tert-OH is 4. The zero-order chi connectivity index (χ0) is 68.5. The standard InChI is InChI=1S/C56H98N18O18/c1-31-45(81)71-39(15-5-9-21-63-49(85)35(59)29-77)55(91)73-23-11-17-41(73)53(89)66-26-44(80)70-38(14-4-8-20-62-48(84)34(58)28-76)52(88)68-32(2)46(82)72-40(16-6-10-22-64-50(86)36(60)30-78)56(92)74-24-12-18-42(74)54(90)65-25-43(79)69-37(51(87)67-31)13-3-7-19-61-47(83)33(57)27-75/h31-42,75-78H,3-30,57-60H2,1-2H3,(H,61,83)(H,62,84)(H,63,85)(H,64,86)(H,65,90)(H,66,89)(H,67,87)(H,68,88)(H,69,79)(H,70,80)(H,71,81)(H,72,82)/t31-,32-,33-,34-,35-,36-,37-,38-,39-,40+,41-,42-/m0/s1. The number of carbonyl (C=O) groups excluding carboxylic acids is 14. The average molecular weight is 1310 g/mol. The van der Waals surface area contributed by atoms with Crippen molar-refractivity contribution in [2.45, 2.75) is 189 Å². The Hall–Kier alpha value is -7.74. The third kappa shape index (κ3) is 26.8. The molecule has 0 aromatic heterocycles. The van der Waals surface area contributed by atoms with E-state index in [9.17, 15) is 87.5 Å². The fourth-order valence-corrected chi connectivity index (χ4v) is 10.1. The predicted molar refractivity (Wildman–Crippen MR) is 326 cm³/mol. The van der Waals surface area contributed by atoms with Crippen molar-refractivity contribution in [2.24, 2.45) is 22.9 Å². The Morgan fingerprint density at radius 1 is 0.413 bits per heavy atom. The minimum absolute atomic E-state index is 0.0339. The molecule has 0 radical (unpaired) electrons. The molecule has 0 aromatic carbocycles. The molecule has 3 heterocycles. The van der Waals surface area contributed by atoms with Crippen LogP contribution in [0.3, 0.4) is 0 Å². The van der Waals surface area contributed by atoms with Crippen LogP contribution in [-0.4, -0.2) is 264 Å². The van der Waals surface area contributed by atoms with E-state index < -0.39 is 195 Å². The van der Waals surface area contributed by atoms with E-state index >= 15 is 0 Å². The van der Waals surface area contributed by atoms with E-state index in [0.29, 0.717) is 12.8 Å². The Kier molecular flexibility index (Phi) is 35.6. The number of aliphatic hydroxyl groups is 4. The predicted octanol–water partition coefficient (Wildman–Crippen LogP) is -10.4. The maximum atomic E-state index is 14.5. The smallest absolute Gasteiger partial charge is 0.245 e. The van der Waals surface area contributed by atoms with Gasteiger partial charge in [-0.2, -0.15) is 0 Å². The molecule has 0 bridgehead atoms. The lowest BCUT2D eigenvalue weighted by molar-refractivity contribution is -0.142. The SMILES string of the molecule is C[C@@H]1NC(=O)[C@H](CCCCNC(=O)[C@@H](N)CO)NC(=O)CNC(=O)[C@@H]2CCCN2C(=O)[C@@H](CCCCNC(=O)[C@@H](N)CO)NC(=O)[C@H](C)NC(=O)[C@H](CCCCNC(=O)[C@@H](N)CO)NC(=O)CNC(=O)[C@@H]2CCCN2C(=O)[C@H](CCCCNC(=O)[C@@H](N)CO)NC1=O. The van der Waals surface area contributed by atoms with Gasteiger partial charge >= 0.3 is 0 Å². The van der Waals surface area contributed by atoms with Crippen LogP contribution in [0.5, 0.6) is 0 Å². The van der Waals surface area contributed by atoms with Crippen molar-refractivity contribution in [2.75, 3.05) is 78.8 Å². The van der Waals surface area contributed by atoms with Crippen molar-refractivity contribution in [3.63, 3.8) is 0 Å². The van der Waals surface area contributed by atoms with Crippen LogP contribution in [0.2, 0.25) is 0 Å². The first-order valence-corrected chi connectivity index (χ1v) is 31.3. The minimum Gasteiger partial charge on any atom is -0.394 e. The summed E-state index contributed by atoms with van der Waals surface area (Å²) in [6, 6.07) is -15.3. The molecule has 92 heavy (non-hydrogen) atoms. The molecule has 3 fully saturated rings. The third-order valence-corrected chi connectivity index (χ3v) is 15.6. The highest BCUT2D eigenvalue weighted by Crippen LogP contribution is 2.22. The Balaban J connectivity index is 2.03. The van der Waals surface area contributed by atoms with Gasteiger partial charge in [-0.15, -0.1) is 0 Å². The molecular formula is C56H98N18O18. The molecule has 3 saturated heterocycles. The van der Waals surface area contributed by atoms with Crippen molar-refractivity contribution in [1.82, 2.24) is 73.6 Å². The number of hydrogen-bond donors (Lipinski definition) is 20. The summed E-state index contributed by atoms with van der Waals surface area (Å²) in [5.41, 5.74) is 22.4. The summed E-state index contributed by atoms with van der Waals surface area (Å²) in [5, 5.41) is 67.8. The van der Waals surface area contributed by atoms with Crippen molar-refractivity contribution < 1.29 is 87.5 Å². The molecule has 0 spiro atoms. The number of carbonyl (C=O) groups is 14. The van der Waals surface area contributed by atoms with Crippen LogP contribution in [-0.2, 0) is 67.1 Å². The number of unbranched alkanes of at least 4 members (excludes halogenated alkanes) is 4. The molecule has 12 atom stereocenters. The fraction of sp³-hybridized carbons (Fsp3) is 0.750. The van der Waals surface area contributed by atoms with Crippen molar-refractivity contribution in [3.05, 3.63) is 0 Å². The lowest BCUT2D eigenvalue weighted by atomic mass is 10.1. The molecule has 3 aliphatic heterocycles. The number of fused-ring (bicyclic) bond motifs is 2. The Morgan fingerprint density at radius 2 is 0.696 bits per heavy atom. The molecule has 0 saturated carbocycles. The summed E-state index contributed by atoms with van der Waals surface area (Å²) >= 11 is 0. The molecule has 3 rings (SSSR count). The van der Waals surface area contributed by atoms with Gasteiger partial charge in [0.25, 0.3) is 0 Å². The number of nitrogens with zero attached hydrogens (tertiary/aromatic N) is 2. The summed E-state index contributed by atoms with van der Waals surface area (Å²) in [6.45, 7) is -0.957. The first-order valence-electron chi connectivity index (χ1n) is 31.3. The molecule has 14 amide bonds. The summed E-state index contributed by atoms with van der Waals surface area (Å²) in [7, 11) is 0. The largest absolute Gasteiger partial charge is 0.394 e. The van der Waals surface area contributed by atoms with Crippen LogP contribution >= 0.6 is 0 Å². The van der Waals surface area contributed by atoms with E-state index in [4.69, 9.17) is 22.9 Å². The van der Waals surface area contributed by atoms with E-state index in [1.807, 2.05) is 0 Å². The molecule has 0 unspecified atom stereocenters. The third-order valence-electron chi connectivity index (χ3n) is 15.6. The molecular weight excluding hydrogens is 1210 g/mol. The number of nitrogens with two attached hydrogens (primary N) is 4. The van der Waals surface area contributed by atoms with Gasteiger partial charge in [0, 0.05) is 39.3 Å². The molecule has 36 heteroatoms. The number of rotatable bonds is 28. The average Bonchev–Trinajstić information content (AvgIpc) is 1.67. The van der Waals surface area contributed by atoms with E-state index in [1.165, 1.54) is 23.6 Å². The fourth-order valence-electron chi connectivity index (χ4n) is 10.1. The Labute approximate surface area is 533 Å². The van der Waals surface area contributed by atoms with Crippen molar-refractivity contribution >= 4 is 82.7 Å². The van der Waals surface area contributed by atoms with Gasteiger partial charge in [0.05, 0.1) is 39.5 Å². The zero-order valence-corrected chi connectivity index (χ0v) is 52.4. The zero-order valence-electron chi connectivity index (χ0n) is 52.4. The van der Waals surface area contributed by atoms with Gasteiger partial charge in [0.1, 0.15) is 72.5 Å². The Morgan fingerprint density at radius 3 is 0.978 bits per heavy atom. The maximum Gasteiger partial charge on any atom is 0.245 e. The second-order valence-corrected chi connectivity index (χ2v) is 22.9. The second-order valence-electron chi connectivity index (χ2n) is 22.9. The van der Waals surface area contributed by atoms with Gasteiger partial charge in [-0.05, 0) is 117 Å². The lowest BCUT2D eigenvalue weighted by Gasteiger charge is -2.30. The maximum absolute atomic E-state index is 14.5. The first-order chi connectivity index (χ1) is 43.8. The number of hydrogen-bond acceptors (Lipinski definition) is 22. The van der Waals surface area contributed by atoms with Crippen LogP contribution in [0.4, 0.5) is 0 Å². The van der Waals surface area contributed by atoms with Crippen molar-refractivity contribution in [1.29, 1.82) is 0 Å². The minimum atomic E-state index is -1.39. The second kappa shape index (κ2) is 41.7. The normalized spacial score (nSPS) is 24.3. The lowest BCUT2D eigenvalue weighted by Crippen LogP contribution is -2.59. The molecule has 0 aromatic rings. The molecule has 0 aliphatic carbocycles. The highest BCUT2D eigenvalue weighted by atomic mass is 16.3. The molecule has 3 aliphatic rings. The van der Waals surface area contributed by atoms with Crippen LogP contribution < -0.4 is 86.7 Å². The Bertz CT molecular complexity index is 2350. The van der Waals surface area contributed by atoms with Crippen LogP contribution in [0.15, 0.2) is 0 Å². The first kappa shape index (κ1) is 78.5. The van der Waals surface area contributed by atoms with E-state index in [0.717, 1.165) is 0 Å².